The van der Waals surface area contributed by atoms with Crippen molar-refractivity contribution in [2.45, 2.75) is 143 Å². The van der Waals surface area contributed by atoms with Gasteiger partial charge in [0.15, 0.2) is 0 Å². The first-order valence-corrected chi connectivity index (χ1v) is 23.0. The molecular formula is C53H73FO7. The van der Waals surface area contributed by atoms with E-state index in [2.05, 4.69) is 64.3 Å². The Labute approximate surface area is 365 Å². The predicted octanol–water partition coefficient (Wildman–Crippen LogP) is 12.2. The third kappa shape index (κ3) is 14.4. The highest BCUT2D eigenvalue weighted by Gasteiger charge is 2.30. The molecule has 0 spiro atoms. The number of hydrogen-bond acceptors (Lipinski definition) is 7. The minimum atomic E-state index is -0.830. The fraction of sp³-hybridized carbons (Fsp3) is 0.547. The van der Waals surface area contributed by atoms with Crippen LogP contribution in [0.1, 0.15) is 146 Å². The quantitative estimate of drug-likeness (QED) is 0.0471. The molecule has 1 aliphatic carbocycles. The maximum absolute atomic E-state index is 16.0. The Kier molecular flexibility index (Phi) is 20.2. The van der Waals surface area contributed by atoms with Crippen LogP contribution in [0.4, 0.5) is 4.39 Å². The summed E-state index contributed by atoms with van der Waals surface area (Å²) in [6.07, 6.45) is 15.0. The summed E-state index contributed by atoms with van der Waals surface area (Å²) < 4.78 is 33.6. The number of rotatable bonds is 26. The number of carbonyl (C=O) groups is 2. The molecule has 0 unspecified atom stereocenters. The van der Waals surface area contributed by atoms with Gasteiger partial charge in [0.2, 0.25) is 0 Å². The molecule has 334 valence electrons. The first kappa shape index (κ1) is 49.4. The van der Waals surface area contributed by atoms with Crippen molar-refractivity contribution in [2.24, 2.45) is 11.3 Å². The minimum absolute atomic E-state index is 0.105. The molecule has 0 aromatic heterocycles. The fourth-order valence-electron chi connectivity index (χ4n) is 8.54. The molecule has 0 atom stereocenters. The molecule has 0 saturated heterocycles. The van der Waals surface area contributed by atoms with Crippen molar-refractivity contribution in [1.82, 2.24) is 0 Å². The smallest absolute Gasteiger partial charge is 0.333 e. The van der Waals surface area contributed by atoms with Gasteiger partial charge in [-0.25, -0.2) is 14.0 Å². The summed E-state index contributed by atoms with van der Waals surface area (Å²) in [7, 11) is 0. The van der Waals surface area contributed by atoms with Crippen LogP contribution in [0.15, 0.2) is 72.8 Å². The average Bonchev–Trinajstić information content (AvgIpc) is 3.27. The van der Waals surface area contributed by atoms with Gasteiger partial charge in [-0.05, 0) is 147 Å². The Bertz CT molecular complexity index is 1850. The summed E-state index contributed by atoms with van der Waals surface area (Å²) in [5, 5.41) is 20.9. The minimum Gasteiger partial charge on any atom is -0.492 e. The van der Waals surface area contributed by atoms with Crippen LogP contribution in [0, 0.1) is 17.2 Å². The van der Waals surface area contributed by atoms with Crippen LogP contribution in [0.3, 0.4) is 0 Å². The van der Waals surface area contributed by atoms with Gasteiger partial charge in [-0.3, -0.25) is 0 Å². The molecule has 0 radical (unpaired) electrons. The van der Waals surface area contributed by atoms with Gasteiger partial charge in [-0.15, -0.1) is 0 Å². The Morgan fingerprint density at radius 2 is 1.30 bits per heavy atom. The van der Waals surface area contributed by atoms with Crippen molar-refractivity contribution in [3.8, 4) is 28.0 Å². The van der Waals surface area contributed by atoms with E-state index in [4.69, 9.17) is 14.2 Å². The molecule has 61 heavy (non-hydrogen) atoms. The summed E-state index contributed by atoms with van der Waals surface area (Å²) in [5.74, 6) is 0.779. The number of carbonyl (C=O) groups excluding carboxylic acids is 2. The van der Waals surface area contributed by atoms with Crippen LogP contribution in [-0.2, 0) is 38.3 Å². The molecule has 7 nitrogen and oxygen atoms in total. The van der Waals surface area contributed by atoms with Gasteiger partial charge in [0.25, 0.3) is 0 Å². The molecule has 0 aliphatic heterocycles. The van der Waals surface area contributed by atoms with Crippen molar-refractivity contribution < 1.29 is 38.4 Å². The van der Waals surface area contributed by atoms with Gasteiger partial charge < -0.3 is 24.4 Å². The summed E-state index contributed by atoms with van der Waals surface area (Å²) in [6.45, 7) is 17.1. The second-order valence-corrected chi connectivity index (χ2v) is 17.5. The monoisotopic (exact) mass is 841 g/mol. The van der Waals surface area contributed by atoms with E-state index in [0.29, 0.717) is 66.9 Å². The average molecular weight is 841 g/mol. The van der Waals surface area contributed by atoms with Crippen LogP contribution >= 0.6 is 0 Å². The first-order valence-electron chi connectivity index (χ1n) is 23.0. The molecule has 3 aromatic carbocycles. The summed E-state index contributed by atoms with van der Waals surface area (Å²) in [5.41, 5.74) is 7.18. The largest absolute Gasteiger partial charge is 0.492 e. The van der Waals surface area contributed by atoms with E-state index >= 15 is 4.39 Å². The van der Waals surface area contributed by atoms with E-state index in [1.54, 1.807) is 19.9 Å². The molecule has 8 heteroatoms. The van der Waals surface area contributed by atoms with Crippen LogP contribution < -0.4 is 4.74 Å². The predicted molar refractivity (Wildman–Crippen MR) is 245 cm³/mol. The van der Waals surface area contributed by atoms with Gasteiger partial charge in [-0.1, -0.05) is 103 Å². The van der Waals surface area contributed by atoms with E-state index in [1.807, 2.05) is 12.1 Å². The highest BCUT2D eigenvalue weighted by Crippen LogP contribution is 2.41. The maximum atomic E-state index is 16.0. The lowest BCUT2D eigenvalue weighted by Crippen LogP contribution is -2.36. The van der Waals surface area contributed by atoms with Gasteiger partial charge in [0, 0.05) is 16.7 Å². The molecule has 1 aliphatic rings. The van der Waals surface area contributed by atoms with E-state index in [0.717, 1.165) is 70.5 Å². The molecule has 1 fully saturated rings. The number of benzene rings is 3. The van der Waals surface area contributed by atoms with Gasteiger partial charge >= 0.3 is 11.9 Å². The van der Waals surface area contributed by atoms with Crippen molar-refractivity contribution in [3.05, 3.63) is 101 Å². The fourth-order valence-corrected chi connectivity index (χ4v) is 8.54. The van der Waals surface area contributed by atoms with E-state index in [1.165, 1.54) is 38.5 Å². The highest BCUT2D eigenvalue weighted by molar-refractivity contribution is 5.87. The van der Waals surface area contributed by atoms with Gasteiger partial charge in [0.05, 0.1) is 38.4 Å². The number of esters is 2. The second-order valence-electron chi connectivity index (χ2n) is 17.5. The van der Waals surface area contributed by atoms with Crippen molar-refractivity contribution in [2.75, 3.05) is 33.0 Å². The van der Waals surface area contributed by atoms with Crippen molar-refractivity contribution in [1.29, 1.82) is 0 Å². The Morgan fingerprint density at radius 3 is 1.82 bits per heavy atom. The molecule has 1 saturated carbocycles. The number of ether oxygens (including phenoxy) is 3. The molecule has 4 rings (SSSR count). The summed E-state index contributed by atoms with van der Waals surface area (Å²) in [4.78, 5) is 24.4. The summed E-state index contributed by atoms with van der Waals surface area (Å²) in [6, 6.07) is 16.2. The number of hydrogen-bond donors (Lipinski definition) is 2. The molecule has 0 amide bonds. The van der Waals surface area contributed by atoms with Crippen molar-refractivity contribution >= 4 is 11.9 Å². The standard InChI is InChI=1S/C53H73FO7/c1-8-11-13-16-39-19-21-41(22-20-39)42-23-26-48(49(54)33-42)43-24-25-47(40(10-3)30-43)46-31-44(17-14-28-59-51(57)37(4)5)50(61-36-53(34-55,35-56)27-12-9-2)45(32-46)18-15-29-60-52(58)38(6)7/h23-26,30-33,39,41,55-56H,4,6,8-22,27-29,34-36H2,1-3,5,7H3. The lowest BCUT2D eigenvalue weighted by Gasteiger charge is -2.31. The lowest BCUT2D eigenvalue weighted by molar-refractivity contribution is -0.139. The zero-order valence-electron chi connectivity index (χ0n) is 37.9. The molecule has 3 aromatic rings. The Balaban J connectivity index is 1.70. The second kappa shape index (κ2) is 25.0. The van der Waals surface area contributed by atoms with E-state index < -0.39 is 17.4 Å². The number of aliphatic hydroxyl groups is 2. The van der Waals surface area contributed by atoms with Crippen molar-refractivity contribution in [3.63, 3.8) is 0 Å². The van der Waals surface area contributed by atoms with Crippen LogP contribution in [-0.4, -0.2) is 55.2 Å². The van der Waals surface area contributed by atoms with E-state index in [9.17, 15) is 19.8 Å². The number of aliphatic hydroxyl groups excluding tert-OH is 2. The molecular weight excluding hydrogens is 768 g/mol. The Hall–Kier alpha value is -4.27. The van der Waals surface area contributed by atoms with Crippen LogP contribution in [0.25, 0.3) is 22.3 Å². The van der Waals surface area contributed by atoms with Crippen LogP contribution in [0.5, 0.6) is 5.75 Å². The highest BCUT2D eigenvalue weighted by atomic mass is 19.1. The zero-order valence-corrected chi connectivity index (χ0v) is 37.9. The third-order valence-corrected chi connectivity index (χ3v) is 12.5. The number of halogens is 1. The molecule has 0 heterocycles. The number of unbranched alkanes of at least 4 members (excludes halogenated alkanes) is 3. The van der Waals surface area contributed by atoms with Gasteiger partial charge in [0.1, 0.15) is 11.6 Å². The normalized spacial score (nSPS) is 15.3. The van der Waals surface area contributed by atoms with E-state index in [-0.39, 0.29) is 38.9 Å². The maximum Gasteiger partial charge on any atom is 0.333 e. The summed E-state index contributed by atoms with van der Waals surface area (Å²) >= 11 is 0. The third-order valence-electron chi connectivity index (χ3n) is 12.5. The van der Waals surface area contributed by atoms with Crippen LogP contribution in [0.2, 0.25) is 0 Å². The molecule has 0 bridgehead atoms. The number of aryl methyl sites for hydroxylation is 3. The molecule has 2 N–H and O–H groups in total. The topological polar surface area (TPSA) is 102 Å². The Morgan fingerprint density at radius 1 is 0.721 bits per heavy atom. The first-order chi connectivity index (χ1) is 29.4. The SMILES string of the molecule is C=C(C)C(=O)OCCCc1cc(-c2ccc(-c3ccc(C4CCC(CCCCC)CC4)cc3F)cc2CC)cc(CCCOC(=O)C(=C)C)c1OCC(CO)(CO)CCCC. The zero-order chi connectivity index (χ0) is 44.4. The lowest BCUT2D eigenvalue weighted by atomic mass is 9.77. The van der Waals surface area contributed by atoms with Gasteiger partial charge in [-0.2, -0.15) is 0 Å².